The number of halogens is 1. The van der Waals surface area contributed by atoms with Crippen LogP contribution in [0.25, 0.3) is 11.1 Å². The van der Waals surface area contributed by atoms with Gasteiger partial charge in [0.1, 0.15) is 0 Å². The number of hydrogen-bond donors (Lipinski definition) is 1. The molecule has 0 fully saturated rings. The average molecular weight is 492 g/mol. The first-order chi connectivity index (χ1) is 12.9. The molecule has 0 aliphatic heterocycles. The molecule has 3 aromatic rings. The fourth-order valence-electron chi connectivity index (χ4n) is 3.39. The van der Waals surface area contributed by atoms with Crippen LogP contribution in [0.4, 0.5) is 0 Å². The third-order valence-electron chi connectivity index (χ3n) is 4.65. The Balaban J connectivity index is 2.31. The molecule has 1 unspecified atom stereocenters. The third kappa shape index (κ3) is 4.59. The van der Waals surface area contributed by atoms with E-state index in [2.05, 4.69) is 22.6 Å². The lowest BCUT2D eigenvalue weighted by Gasteiger charge is -2.23. The summed E-state index contributed by atoms with van der Waals surface area (Å²) in [6.07, 6.45) is 0.774. The highest BCUT2D eigenvalue weighted by atomic mass is 127. The maximum atomic E-state index is 12.2. The summed E-state index contributed by atoms with van der Waals surface area (Å²) in [6.45, 7) is 2.02. The molecule has 5 heteroatoms. The Morgan fingerprint density at radius 2 is 1.59 bits per heavy atom. The largest absolute Gasteiger partial charge is 0.294 e. The summed E-state index contributed by atoms with van der Waals surface area (Å²) in [5, 5.41) is 0. The van der Waals surface area contributed by atoms with E-state index >= 15 is 0 Å². The average Bonchev–Trinajstić information content (AvgIpc) is 2.66. The zero-order valence-electron chi connectivity index (χ0n) is 15.0. The molecule has 3 aromatic carbocycles. The van der Waals surface area contributed by atoms with Gasteiger partial charge in [-0.25, -0.2) is 0 Å². The first kappa shape index (κ1) is 20.0. The number of alkyl halides is 1. The van der Waals surface area contributed by atoms with Crippen molar-refractivity contribution in [2.75, 3.05) is 4.43 Å². The van der Waals surface area contributed by atoms with E-state index < -0.39 is 10.1 Å². The molecule has 0 aliphatic rings. The Morgan fingerprint density at radius 1 is 0.926 bits per heavy atom. The molecule has 0 saturated carbocycles. The van der Waals surface area contributed by atoms with Gasteiger partial charge < -0.3 is 0 Å². The van der Waals surface area contributed by atoms with E-state index in [0.29, 0.717) is 5.56 Å². The van der Waals surface area contributed by atoms with Crippen LogP contribution < -0.4 is 0 Å². The highest BCUT2D eigenvalue weighted by Gasteiger charge is 2.26. The molecule has 0 bridgehead atoms. The second kappa shape index (κ2) is 8.54. The second-order valence-corrected chi connectivity index (χ2v) is 8.97. The Kier molecular flexibility index (Phi) is 6.34. The lowest BCUT2D eigenvalue weighted by atomic mass is 9.84. The van der Waals surface area contributed by atoms with Crippen LogP contribution in [0.1, 0.15) is 29.0 Å². The predicted octanol–water partition coefficient (Wildman–Crippen LogP) is 5.87. The van der Waals surface area contributed by atoms with E-state index in [9.17, 15) is 13.0 Å². The molecular weight excluding hydrogens is 471 g/mol. The van der Waals surface area contributed by atoms with Crippen LogP contribution in [0.15, 0.2) is 77.7 Å². The van der Waals surface area contributed by atoms with Crippen molar-refractivity contribution in [3.05, 3.63) is 89.5 Å². The van der Waals surface area contributed by atoms with Gasteiger partial charge in [0, 0.05) is 10.3 Å². The van der Waals surface area contributed by atoms with Crippen LogP contribution in [0, 0.1) is 6.92 Å². The van der Waals surface area contributed by atoms with E-state index in [1.165, 1.54) is 6.07 Å². The molecule has 3 nitrogen and oxygen atoms in total. The van der Waals surface area contributed by atoms with Gasteiger partial charge >= 0.3 is 0 Å². The van der Waals surface area contributed by atoms with Crippen molar-refractivity contribution in [3.63, 3.8) is 0 Å². The van der Waals surface area contributed by atoms with E-state index in [1.54, 1.807) is 6.07 Å². The molecule has 0 amide bonds. The lowest BCUT2D eigenvalue weighted by Crippen LogP contribution is -2.11. The SMILES string of the molecule is Cc1ccc(-c2cccc(S(=O)(=O)O)c2C(CCI)c2ccccc2)cc1. The maximum absolute atomic E-state index is 12.2. The first-order valence-electron chi connectivity index (χ1n) is 8.70. The third-order valence-corrected chi connectivity index (χ3v) is 6.19. The Labute approximate surface area is 174 Å². The minimum atomic E-state index is -4.35. The summed E-state index contributed by atoms with van der Waals surface area (Å²) in [7, 11) is -4.35. The quantitative estimate of drug-likeness (QED) is 0.266. The zero-order chi connectivity index (χ0) is 19.4. The van der Waals surface area contributed by atoms with Gasteiger partial charge in [-0.1, -0.05) is 94.9 Å². The smallest absolute Gasteiger partial charge is 0.282 e. The summed E-state index contributed by atoms with van der Waals surface area (Å²) >= 11 is 2.31. The van der Waals surface area contributed by atoms with Crippen LogP contribution in [0.5, 0.6) is 0 Å². The molecule has 0 saturated heterocycles. The van der Waals surface area contributed by atoms with Crippen LogP contribution in [-0.2, 0) is 10.1 Å². The highest BCUT2D eigenvalue weighted by Crippen LogP contribution is 2.40. The van der Waals surface area contributed by atoms with E-state index in [1.807, 2.05) is 67.6 Å². The monoisotopic (exact) mass is 492 g/mol. The minimum absolute atomic E-state index is 0.0146. The minimum Gasteiger partial charge on any atom is -0.282 e. The van der Waals surface area contributed by atoms with Gasteiger partial charge in [-0.3, -0.25) is 4.55 Å². The fourth-order valence-corrected chi connectivity index (χ4v) is 4.79. The lowest BCUT2D eigenvalue weighted by molar-refractivity contribution is 0.481. The van der Waals surface area contributed by atoms with Crippen LogP contribution >= 0.6 is 22.6 Å². The van der Waals surface area contributed by atoms with Gasteiger partial charge in [-0.05, 0) is 41.7 Å². The van der Waals surface area contributed by atoms with Crippen molar-refractivity contribution < 1.29 is 13.0 Å². The second-order valence-electron chi connectivity index (χ2n) is 6.50. The van der Waals surface area contributed by atoms with Crippen LogP contribution in [0.2, 0.25) is 0 Å². The van der Waals surface area contributed by atoms with Gasteiger partial charge in [0.15, 0.2) is 0 Å². The molecule has 0 heterocycles. The van der Waals surface area contributed by atoms with Gasteiger partial charge in [-0.2, -0.15) is 8.42 Å². The maximum Gasteiger partial charge on any atom is 0.294 e. The Hall–Kier alpha value is -1.70. The summed E-state index contributed by atoms with van der Waals surface area (Å²) < 4.78 is 35.2. The summed E-state index contributed by atoms with van der Waals surface area (Å²) in [5.41, 5.74) is 4.61. The van der Waals surface area contributed by atoms with Crippen molar-refractivity contribution in [3.8, 4) is 11.1 Å². The molecule has 0 spiro atoms. The topological polar surface area (TPSA) is 54.4 Å². The number of aryl methyl sites for hydroxylation is 1. The highest BCUT2D eigenvalue weighted by molar-refractivity contribution is 14.1. The molecule has 3 rings (SSSR count). The van der Waals surface area contributed by atoms with E-state index in [4.69, 9.17) is 0 Å². The summed E-state index contributed by atoms with van der Waals surface area (Å²) in [4.78, 5) is -0.0146. The number of rotatable bonds is 6. The van der Waals surface area contributed by atoms with Gasteiger partial charge in [-0.15, -0.1) is 0 Å². The van der Waals surface area contributed by atoms with Crippen LogP contribution in [-0.4, -0.2) is 17.4 Å². The van der Waals surface area contributed by atoms with Crippen LogP contribution in [0.3, 0.4) is 0 Å². The van der Waals surface area contributed by atoms with Gasteiger partial charge in [0.2, 0.25) is 0 Å². The molecule has 0 radical (unpaired) electrons. The molecule has 27 heavy (non-hydrogen) atoms. The molecule has 1 N–H and O–H groups in total. The van der Waals surface area contributed by atoms with E-state index in [0.717, 1.165) is 33.1 Å². The Bertz CT molecular complexity index is 1010. The Morgan fingerprint density at radius 3 is 2.19 bits per heavy atom. The summed E-state index contributed by atoms with van der Waals surface area (Å²) in [6, 6.07) is 23.0. The predicted molar refractivity (Wildman–Crippen MR) is 118 cm³/mol. The molecule has 1 atom stereocenters. The van der Waals surface area contributed by atoms with Crippen molar-refractivity contribution in [1.82, 2.24) is 0 Å². The first-order valence-corrected chi connectivity index (χ1v) is 11.7. The fraction of sp³-hybridized carbons (Fsp3) is 0.182. The van der Waals surface area contributed by atoms with E-state index in [-0.39, 0.29) is 10.8 Å². The standard InChI is InChI=1S/C22H21IO3S/c1-16-10-12-18(13-11-16)19-8-5-9-21(27(24,25)26)22(19)20(14-15-23)17-6-3-2-4-7-17/h2-13,20H,14-15H2,1H3,(H,24,25,26). The van der Waals surface area contributed by atoms with Crippen molar-refractivity contribution in [2.45, 2.75) is 24.2 Å². The summed E-state index contributed by atoms with van der Waals surface area (Å²) in [5.74, 6) is -0.127. The molecule has 0 aromatic heterocycles. The number of benzene rings is 3. The van der Waals surface area contributed by atoms with Crippen molar-refractivity contribution in [1.29, 1.82) is 0 Å². The van der Waals surface area contributed by atoms with Crippen molar-refractivity contribution >= 4 is 32.7 Å². The molecule has 140 valence electrons. The molecular formula is C22H21IO3S. The van der Waals surface area contributed by atoms with Gasteiger partial charge in [0.05, 0.1) is 4.90 Å². The zero-order valence-corrected chi connectivity index (χ0v) is 17.9. The molecule has 0 aliphatic carbocycles. The van der Waals surface area contributed by atoms with Gasteiger partial charge in [0.25, 0.3) is 10.1 Å². The normalized spacial score (nSPS) is 12.7. The number of hydrogen-bond acceptors (Lipinski definition) is 2. The van der Waals surface area contributed by atoms with Crippen molar-refractivity contribution in [2.24, 2.45) is 0 Å².